The molecule has 3 heterocycles. The van der Waals surface area contributed by atoms with Crippen molar-refractivity contribution in [3.8, 4) is 67.4 Å². The van der Waals surface area contributed by atoms with Crippen molar-refractivity contribution in [3.63, 3.8) is 0 Å². The number of fused-ring (bicyclic) bond motifs is 11. The van der Waals surface area contributed by atoms with E-state index in [0.29, 0.717) is 5.82 Å². The molecular formula is C61H37N3S. The minimum atomic E-state index is 0.694. The highest BCUT2D eigenvalue weighted by Gasteiger charge is 2.19. The van der Waals surface area contributed by atoms with Gasteiger partial charge < -0.3 is 0 Å². The van der Waals surface area contributed by atoms with Crippen LogP contribution in [0.1, 0.15) is 0 Å². The van der Waals surface area contributed by atoms with Gasteiger partial charge in [0.25, 0.3) is 0 Å². The van der Waals surface area contributed by atoms with E-state index in [1.54, 1.807) is 0 Å². The second-order valence-corrected chi connectivity index (χ2v) is 17.8. The van der Waals surface area contributed by atoms with Gasteiger partial charge in [0, 0.05) is 43.1 Å². The summed E-state index contributed by atoms with van der Waals surface area (Å²) in [5.74, 6) is 0.694. The van der Waals surface area contributed by atoms with Gasteiger partial charge in [0.05, 0.1) is 27.3 Å². The van der Waals surface area contributed by atoms with Gasteiger partial charge >= 0.3 is 0 Å². The number of pyridine rings is 1. The monoisotopic (exact) mass is 843 g/mol. The molecule has 302 valence electrons. The number of hydrogen-bond acceptors (Lipinski definition) is 4. The number of benzene rings is 10. The molecule has 0 fully saturated rings. The maximum atomic E-state index is 5.59. The van der Waals surface area contributed by atoms with Crippen molar-refractivity contribution in [3.05, 3.63) is 224 Å². The zero-order chi connectivity index (χ0) is 42.8. The van der Waals surface area contributed by atoms with Gasteiger partial charge in [-0.1, -0.05) is 194 Å². The van der Waals surface area contributed by atoms with Gasteiger partial charge in [-0.3, -0.25) is 0 Å². The van der Waals surface area contributed by atoms with Crippen molar-refractivity contribution < 1.29 is 0 Å². The third-order valence-electron chi connectivity index (χ3n) is 12.9. The van der Waals surface area contributed by atoms with Gasteiger partial charge in [0.2, 0.25) is 0 Å². The average molecular weight is 844 g/mol. The van der Waals surface area contributed by atoms with Crippen LogP contribution in [0.3, 0.4) is 0 Å². The molecule has 0 amide bonds. The van der Waals surface area contributed by atoms with Crippen LogP contribution < -0.4 is 0 Å². The predicted molar refractivity (Wildman–Crippen MR) is 275 cm³/mol. The van der Waals surface area contributed by atoms with E-state index in [2.05, 4.69) is 200 Å². The number of rotatable bonds is 6. The lowest BCUT2D eigenvalue weighted by Crippen LogP contribution is -1.96. The van der Waals surface area contributed by atoms with Crippen molar-refractivity contribution in [2.45, 2.75) is 0 Å². The molecular weight excluding hydrogens is 807 g/mol. The van der Waals surface area contributed by atoms with Crippen LogP contribution in [0.2, 0.25) is 0 Å². The number of hydrogen-bond donors (Lipinski definition) is 0. The molecule has 65 heavy (non-hydrogen) atoms. The first-order valence-corrected chi connectivity index (χ1v) is 22.8. The summed E-state index contributed by atoms with van der Waals surface area (Å²) < 4.78 is 2.47. The van der Waals surface area contributed by atoms with E-state index >= 15 is 0 Å². The SMILES string of the molecule is c1ccc(-c2ccc(-c3cc(-c4cccc(-c5ccc6c(c5)nc(-c5ccc7c8ccccc8c8ccccc8c7c5)c5sc7ccccc7c56)c4)nc(-c4ccccc4)n3)cc2)cc1. The van der Waals surface area contributed by atoms with Gasteiger partial charge in [-0.15, -0.1) is 11.3 Å². The maximum Gasteiger partial charge on any atom is 0.160 e. The summed E-state index contributed by atoms with van der Waals surface area (Å²) in [5.41, 5.74) is 12.4. The Balaban J connectivity index is 0.955. The highest BCUT2D eigenvalue weighted by molar-refractivity contribution is 7.26. The van der Waals surface area contributed by atoms with Crippen molar-refractivity contribution >= 4 is 74.7 Å². The van der Waals surface area contributed by atoms with Crippen LogP contribution >= 0.6 is 11.3 Å². The molecule has 13 aromatic rings. The van der Waals surface area contributed by atoms with E-state index in [1.807, 2.05) is 35.6 Å². The molecule has 3 nitrogen and oxygen atoms in total. The van der Waals surface area contributed by atoms with Crippen LogP contribution in [0.5, 0.6) is 0 Å². The Morgan fingerprint density at radius 1 is 0.277 bits per heavy atom. The predicted octanol–water partition coefficient (Wildman–Crippen LogP) is 16.9. The Morgan fingerprint density at radius 3 is 1.49 bits per heavy atom. The van der Waals surface area contributed by atoms with Crippen molar-refractivity contribution in [2.24, 2.45) is 0 Å². The molecule has 0 bridgehead atoms. The van der Waals surface area contributed by atoms with Crippen molar-refractivity contribution in [1.82, 2.24) is 15.0 Å². The van der Waals surface area contributed by atoms with E-state index in [-0.39, 0.29) is 0 Å². The molecule has 0 saturated heterocycles. The Labute approximate surface area is 379 Å². The lowest BCUT2D eigenvalue weighted by Gasteiger charge is -2.13. The zero-order valence-electron chi connectivity index (χ0n) is 35.1. The largest absolute Gasteiger partial charge is 0.246 e. The topological polar surface area (TPSA) is 38.7 Å². The maximum absolute atomic E-state index is 5.59. The quantitative estimate of drug-likeness (QED) is 0.157. The second-order valence-electron chi connectivity index (χ2n) is 16.7. The van der Waals surface area contributed by atoms with Crippen LogP contribution in [-0.2, 0) is 0 Å². The molecule has 10 aromatic carbocycles. The lowest BCUT2D eigenvalue weighted by atomic mass is 9.92. The Morgan fingerprint density at radius 2 is 0.769 bits per heavy atom. The fraction of sp³-hybridized carbons (Fsp3) is 0. The Hall–Kier alpha value is -8.31. The standard InChI is InChI=1S/C61H37N3S/c1-3-14-38(15-4-1)39-26-28-40(29-27-39)54-37-55(64-61(63-54)41-16-5-2-6-17-41)44-19-13-18-42(34-44)43-30-33-51-56(36-43)62-59(60-58(51)52-24-11-12-25-57(52)65-60)45-31-32-50-48-22-8-7-20-46(48)47-21-9-10-23-49(47)53(50)35-45/h1-37H. The summed E-state index contributed by atoms with van der Waals surface area (Å²) in [4.78, 5) is 15.9. The molecule has 0 N–H and O–H groups in total. The fourth-order valence-electron chi connectivity index (χ4n) is 9.70. The van der Waals surface area contributed by atoms with Gasteiger partial charge in [-0.2, -0.15) is 0 Å². The summed E-state index contributed by atoms with van der Waals surface area (Å²) in [7, 11) is 0. The minimum absolute atomic E-state index is 0.694. The van der Waals surface area contributed by atoms with Crippen LogP contribution in [0.15, 0.2) is 224 Å². The average Bonchev–Trinajstić information content (AvgIpc) is 3.79. The molecule has 0 aliphatic heterocycles. The lowest BCUT2D eigenvalue weighted by molar-refractivity contribution is 1.18. The third-order valence-corrected chi connectivity index (χ3v) is 14.0. The smallest absolute Gasteiger partial charge is 0.160 e. The van der Waals surface area contributed by atoms with E-state index in [4.69, 9.17) is 15.0 Å². The van der Waals surface area contributed by atoms with Gasteiger partial charge in [-0.05, 0) is 84.9 Å². The van der Waals surface area contributed by atoms with Crippen molar-refractivity contribution in [1.29, 1.82) is 0 Å². The summed E-state index contributed by atoms with van der Waals surface area (Å²) in [6, 6.07) is 80.3. The number of thiophene rings is 1. The summed E-state index contributed by atoms with van der Waals surface area (Å²) in [5, 5.41) is 11.2. The molecule has 0 saturated carbocycles. The second kappa shape index (κ2) is 15.2. The molecule has 0 aliphatic rings. The molecule has 4 heteroatoms. The van der Waals surface area contributed by atoms with E-state index < -0.39 is 0 Å². The Bertz CT molecular complexity index is 3950. The molecule has 0 spiro atoms. The molecule has 0 atom stereocenters. The molecule has 0 radical (unpaired) electrons. The summed E-state index contributed by atoms with van der Waals surface area (Å²) in [6.45, 7) is 0. The Kier molecular flexibility index (Phi) is 8.71. The van der Waals surface area contributed by atoms with Gasteiger partial charge in [0.1, 0.15) is 0 Å². The normalized spacial score (nSPS) is 11.7. The third kappa shape index (κ3) is 6.37. The highest BCUT2D eigenvalue weighted by Crippen LogP contribution is 2.45. The summed E-state index contributed by atoms with van der Waals surface area (Å²) in [6.07, 6.45) is 0. The fourth-order valence-corrected chi connectivity index (χ4v) is 10.9. The van der Waals surface area contributed by atoms with E-state index in [0.717, 1.165) is 61.4 Å². The van der Waals surface area contributed by atoms with E-state index in [9.17, 15) is 0 Å². The van der Waals surface area contributed by atoms with E-state index in [1.165, 1.54) is 63.6 Å². The molecule has 0 aliphatic carbocycles. The van der Waals surface area contributed by atoms with Crippen LogP contribution in [0.25, 0.3) is 131 Å². The van der Waals surface area contributed by atoms with Crippen LogP contribution in [0.4, 0.5) is 0 Å². The first kappa shape index (κ1) is 37.3. The molecule has 13 rings (SSSR count). The van der Waals surface area contributed by atoms with Gasteiger partial charge in [-0.25, -0.2) is 15.0 Å². The number of nitrogens with zero attached hydrogens (tertiary/aromatic N) is 3. The molecule has 0 unspecified atom stereocenters. The van der Waals surface area contributed by atoms with Gasteiger partial charge in [0.15, 0.2) is 5.82 Å². The van der Waals surface area contributed by atoms with Crippen LogP contribution in [0, 0.1) is 0 Å². The molecule has 3 aromatic heterocycles. The zero-order valence-corrected chi connectivity index (χ0v) is 35.9. The highest BCUT2D eigenvalue weighted by atomic mass is 32.1. The first-order chi connectivity index (χ1) is 32.2. The van der Waals surface area contributed by atoms with Crippen LogP contribution in [-0.4, -0.2) is 15.0 Å². The van der Waals surface area contributed by atoms with Crippen molar-refractivity contribution in [2.75, 3.05) is 0 Å². The summed E-state index contributed by atoms with van der Waals surface area (Å²) >= 11 is 1.83. The number of aromatic nitrogens is 3. The first-order valence-electron chi connectivity index (χ1n) is 22.0. The minimum Gasteiger partial charge on any atom is -0.246 e.